The largest absolute Gasteiger partial charge is 0.454 e. The minimum Gasteiger partial charge on any atom is -0.454 e. The van der Waals surface area contributed by atoms with Crippen molar-refractivity contribution in [2.75, 3.05) is 13.3 Å². The molecule has 1 amide bonds. The molecule has 1 aliphatic heterocycles. The Bertz CT molecular complexity index is 592. The average molecular weight is 349 g/mol. The molecule has 0 fully saturated rings. The monoisotopic (exact) mass is 349 g/mol. The van der Waals surface area contributed by atoms with E-state index in [1.165, 1.54) is 11.1 Å². The van der Waals surface area contributed by atoms with Crippen LogP contribution >= 0.6 is 0 Å². The summed E-state index contributed by atoms with van der Waals surface area (Å²) in [5.41, 5.74) is 2.17. The summed E-state index contributed by atoms with van der Waals surface area (Å²) in [6, 6.07) is 4.15. The number of carbonyl (C=O) groups excluding carboxylic acids is 1. The van der Waals surface area contributed by atoms with Gasteiger partial charge in [-0.1, -0.05) is 19.9 Å². The second kappa shape index (κ2) is 8.45. The van der Waals surface area contributed by atoms with E-state index >= 15 is 0 Å². The van der Waals surface area contributed by atoms with Crippen LogP contribution in [0.2, 0.25) is 0 Å². The molecule has 0 saturated carbocycles. The maximum atomic E-state index is 11.7. The van der Waals surface area contributed by atoms with E-state index in [1.807, 2.05) is 40.7 Å². The third kappa shape index (κ3) is 5.03. The Kier molecular flexibility index (Phi) is 6.57. The van der Waals surface area contributed by atoms with Gasteiger partial charge >= 0.3 is 6.09 Å². The van der Waals surface area contributed by atoms with Gasteiger partial charge in [0.25, 0.3) is 0 Å². The van der Waals surface area contributed by atoms with Gasteiger partial charge in [0.05, 0.1) is 0 Å². The van der Waals surface area contributed by atoms with Gasteiger partial charge in [-0.2, -0.15) is 0 Å². The summed E-state index contributed by atoms with van der Waals surface area (Å²) in [7, 11) is 0. The Morgan fingerprint density at radius 2 is 2.04 bits per heavy atom. The first kappa shape index (κ1) is 19.4. The number of nitrogens with one attached hydrogen (secondary N) is 1. The number of alkyl carbamates (subject to hydrolysis) is 1. The lowest BCUT2D eigenvalue weighted by Crippen LogP contribution is -2.33. The van der Waals surface area contributed by atoms with E-state index < -0.39 is 5.60 Å². The molecule has 25 heavy (non-hydrogen) atoms. The number of amides is 1. The Labute approximate surface area is 151 Å². The van der Waals surface area contributed by atoms with Crippen molar-refractivity contribution in [3.63, 3.8) is 0 Å². The highest BCUT2D eigenvalue weighted by Gasteiger charge is 2.27. The van der Waals surface area contributed by atoms with E-state index in [0.717, 1.165) is 37.2 Å². The smallest absolute Gasteiger partial charge is 0.407 e. The van der Waals surface area contributed by atoms with Crippen LogP contribution in [0.5, 0.6) is 11.5 Å². The molecule has 0 saturated heterocycles. The molecule has 0 aromatic heterocycles. The number of ether oxygens (including phenoxy) is 3. The summed E-state index contributed by atoms with van der Waals surface area (Å²) in [6.07, 6.45) is 3.88. The zero-order valence-corrected chi connectivity index (χ0v) is 16.1. The molecule has 140 valence electrons. The zero-order chi connectivity index (χ0) is 18.4. The zero-order valence-electron chi connectivity index (χ0n) is 16.1. The summed E-state index contributed by atoms with van der Waals surface area (Å²) in [5, 5.41) is 2.85. The molecule has 1 unspecified atom stereocenters. The van der Waals surface area contributed by atoms with Gasteiger partial charge in [-0.15, -0.1) is 0 Å². The molecule has 0 bridgehead atoms. The first-order valence-corrected chi connectivity index (χ1v) is 9.32. The van der Waals surface area contributed by atoms with E-state index in [-0.39, 0.29) is 6.09 Å². The first-order chi connectivity index (χ1) is 11.9. The van der Waals surface area contributed by atoms with Gasteiger partial charge in [-0.05, 0) is 64.0 Å². The van der Waals surface area contributed by atoms with Crippen molar-refractivity contribution in [2.45, 2.75) is 71.8 Å². The molecule has 5 nitrogen and oxygen atoms in total. The van der Waals surface area contributed by atoms with Crippen molar-refractivity contribution in [1.82, 2.24) is 5.32 Å². The number of carbonyl (C=O) groups is 1. The summed E-state index contributed by atoms with van der Waals surface area (Å²) in [6.45, 7) is 10.5. The number of hydrogen-bond donors (Lipinski definition) is 1. The second-order valence-corrected chi connectivity index (χ2v) is 7.17. The van der Waals surface area contributed by atoms with E-state index in [9.17, 15) is 4.79 Å². The fourth-order valence-corrected chi connectivity index (χ4v) is 3.33. The number of benzene rings is 1. The normalized spacial score (nSPS) is 17.9. The van der Waals surface area contributed by atoms with Gasteiger partial charge in [-0.3, -0.25) is 0 Å². The predicted octanol–water partition coefficient (Wildman–Crippen LogP) is 4.78. The quantitative estimate of drug-likeness (QED) is 0.853. The highest BCUT2D eigenvalue weighted by molar-refractivity contribution is 5.67. The van der Waals surface area contributed by atoms with Crippen LogP contribution < -0.4 is 14.8 Å². The SMILES string of the molecule is CC.CC(C)(C)OC(=O)NCCC1CCCc2c1ccc1c2OCO1. The lowest BCUT2D eigenvalue weighted by atomic mass is 9.80. The molecule has 1 aliphatic carbocycles. The molecule has 0 spiro atoms. The summed E-state index contributed by atoms with van der Waals surface area (Å²) < 4.78 is 16.4. The highest BCUT2D eigenvalue weighted by Crippen LogP contribution is 2.44. The van der Waals surface area contributed by atoms with Crippen molar-refractivity contribution < 1.29 is 19.0 Å². The summed E-state index contributed by atoms with van der Waals surface area (Å²) >= 11 is 0. The van der Waals surface area contributed by atoms with E-state index in [2.05, 4.69) is 11.4 Å². The predicted molar refractivity (Wildman–Crippen MR) is 98.4 cm³/mol. The van der Waals surface area contributed by atoms with Gasteiger partial charge in [0.1, 0.15) is 5.60 Å². The third-order valence-corrected chi connectivity index (χ3v) is 4.26. The van der Waals surface area contributed by atoms with Gasteiger partial charge < -0.3 is 19.5 Å². The van der Waals surface area contributed by atoms with E-state index in [4.69, 9.17) is 14.2 Å². The Morgan fingerprint density at radius 3 is 2.76 bits per heavy atom. The van der Waals surface area contributed by atoms with Crippen molar-refractivity contribution in [1.29, 1.82) is 0 Å². The van der Waals surface area contributed by atoms with Crippen molar-refractivity contribution in [3.05, 3.63) is 23.3 Å². The lowest BCUT2D eigenvalue weighted by molar-refractivity contribution is 0.0526. The molecule has 1 atom stereocenters. The number of rotatable bonds is 3. The minimum atomic E-state index is -0.459. The van der Waals surface area contributed by atoms with Crippen LogP contribution in [0.3, 0.4) is 0 Å². The van der Waals surface area contributed by atoms with E-state index in [0.29, 0.717) is 19.3 Å². The van der Waals surface area contributed by atoms with Gasteiger partial charge in [0.15, 0.2) is 11.5 Å². The van der Waals surface area contributed by atoms with Crippen LogP contribution in [-0.4, -0.2) is 25.0 Å². The molecular formula is C20H31NO4. The van der Waals surface area contributed by atoms with Crippen molar-refractivity contribution in [3.8, 4) is 11.5 Å². The van der Waals surface area contributed by atoms with Gasteiger partial charge in [-0.25, -0.2) is 4.79 Å². The average Bonchev–Trinajstić information content (AvgIpc) is 3.04. The molecule has 2 aliphatic rings. The standard InChI is InChI=1S/C18H25NO4.C2H6/c1-18(2,3)23-17(20)19-10-9-12-5-4-6-14-13(12)7-8-15-16(14)22-11-21-15;1-2/h7-8,12H,4-6,9-11H2,1-3H3,(H,19,20);1-2H3. The Balaban J connectivity index is 0.00000109. The molecule has 1 heterocycles. The fourth-order valence-electron chi connectivity index (χ4n) is 3.33. The molecule has 1 aromatic carbocycles. The van der Waals surface area contributed by atoms with Gasteiger partial charge in [0.2, 0.25) is 6.79 Å². The molecule has 1 aromatic rings. The maximum Gasteiger partial charge on any atom is 0.407 e. The topological polar surface area (TPSA) is 56.8 Å². The van der Waals surface area contributed by atoms with Gasteiger partial charge in [0, 0.05) is 12.1 Å². The Hall–Kier alpha value is -1.91. The molecule has 1 N–H and O–H groups in total. The van der Waals surface area contributed by atoms with Crippen LogP contribution in [0, 0.1) is 0 Å². The molecule has 0 radical (unpaired) electrons. The third-order valence-electron chi connectivity index (χ3n) is 4.26. The molecular weight excluding hydrogens is 318 g/mol. The van der Waals surface area contributed by atoms with Crippen LogP contribution in [-0.2, 0) is 11.2 Å². The summed E-state index contributed by atoms with van der Waals surface area (Å²) in [5.74, 6) is 2.23. The van der Waals surface area contributed by atoms with Crippen molar-refractivity contribution >= 4 is 6.09 Å². The molecule has 3 rings (SSSR count). The van der Waals surface area contributed by atoms with Crippen LogP contribution in [0.4, 0.5) is 4.79 Å². The fraction of sp³-hybridized carbons (Fsp3) is 0.650. The highest BCUT2D eigenvalue weighted by atomic mass is 16.7. The van der Waals surface area contributed by atoms with E-state index in [1.54, 1.807) is 0 Å². The van der Waals surface area contributed by atoms with Crippen molar-refractivity contribution in [2.24, 2.45) is 0 Å². The maximum absolute atomic E-state index is 11.7. The summed E-state index contributed by atoms with van der Waals surface area (Å²) in [4.78, 5) is 11.7. The Morgan fingerprint density at radius 1 is 1.28 bits per heavy atom. The molecule has 5 heteroatoms. The first-order valence-electron chi connectivity index (χ1n) is 9.32. The van der Waals surface area contributed by atoms with Crippen LogP contribution in [0.15, 0.2) is 12.1 Å². The second-order valence-electron chi connectivity index (χ2n) is 7.17. The number of fused-ring (bicyclic) bond motifs is 3. The van der Waals surface area contributed by atoms with Crippen LogP contribution in [0.1, 0.15) is 70.9 Å². The number of hydrogen-bond acceptors (Lipinski definition) is 4. The lowest BCUT2D eigenvalue weighted by Gasteiger charge is -2.26. The minimum absolute atomic E-state index is 0.316. The van der Waals surface area contributed by atoms with Crippen LogP contribution in [0.25, 0.3) is 0 Å².